The Labute approximate surface area is 126 Å². The van der Waals surface area contributed by atoms with Gasteiger partial charge in [0.05, 0.1) is 10.5 Å². The lowest BCUT2D eigenvalue weighted by molar-refractivity contribution is 0.0696. The monoisotopic (exact) mass is 313 g/mol. The fourth-order valence-corrected chi connectivity index (χ4v) is 3.50. The van der Waals surface area contributed by atoms with Gasteiger partial charge in [-0.1, -0.05) is 39.2 Å². The first-order valence-corrected chi connectivity index (χ1v) is 8.74. The van der Waals surface area contributed by atoms with Gasteiger partial charge in [-0.3, -0.25) is 0 Å². The normalized spacial score (nSPS) is 13.0. The first kappa shape index (κ1) is 17.7. The number of benzene rings is 1. The fourth-order valence-electron chi connectivity index (χ4n) is 2.14. The molecule has 1 rings (SSSR count). The summed E-state index contributed by atoms with van der Waals surface area (Å²) in [7, 11) is -3.68. The second-order valence-corrected chi connectivity index (χ2v) is 6.80. The van der Waals surface area contributed by atoms with Crippen LogP contribution in [-0.4, -0.2) is 25.5 Å². The number of nitrogens with one attached hydrogen (secondary N) is 1. The highest BCUT2D eigenvalue weighted by Crippen LogP contribution is 2.15. The topological polar surface area (TPSA) is 83.5 Å². The first-order chi connectivity index (χ1) is 9.90. The van der Waals surface area contributed by atoms with Crippen molar-refractivity contribution in [3.63, 3.8) is 0 Å². The minimum Gasteiger partial charge on any atom is -0.478 e. The standard InChI is InChI=1S/C15H23NO4S/c1-3-5-9-13(7-4-2)16-21(19,20)14-10-6-8-12(11-14)15(17)18/h6,8,10-11,13,16H,3-5,7,9H2,1-2H3,(H,17,18). The highest BCUT2D eigenvalue weighted by molar-refractivity contribution is 7.89. The zero-order chi connectivity index (χ0) is 15.9. The van der Waals surface area contributed by atoms with E-state index in [9.17, 15) is 13.2 Å². The van der Waals surface area contributed by atoms with Crippen LogP contribution in [0, 0.1) is 0 Å². The third kappa shape index (κ3) is 5.47. The molecule has 1 atom stereocenters. The molecule has 21 heavy (non-hydrogen) atoms. The van der Waals surface area contributed by atoms with Gasteiger partial charge in [0, 0.05) is 6.04 Å². The van der Waals surface area contributed by atoms with E-state index >= 15 is 0 Å². The van der Waals surface area contributed by atoms with Crippen LogP contribution in [0.4, 0.5) is 0 Å². The Bertz CT molecular complexity index is 569. The number of rotatable bonds is 9. The van der Waals surface area contributed by atoms with Crippen LogP contribution >= 0.6 is 0 Å². The maximum absolute atomic E-state index is 12.4. The van der Waals surface area contributed by atoms with Crippen LogP contribution in [0.2, 0.25) is 0 Å². The highest BCUT2D eigenvalue weighted by Gasteiger charge is 2.20. The largest absolute Gasteiger partial charge is 0.478 e. The van der Waals surface area contributed by atoms with Crippen molar-refractivity contribution in [1.82, 2.24) is 4.72 Å². The molecule has 1 aromatic carbocycles. The van der Waals surface area contributed by atoms with Gasteiger partial charge in [0.2, 0.25) is 10.0 Å². The Morgan fingerprint density at radius 3 is 2.52 bits per heavy atom. The van der Waals surface area contributed by atoms with E-state index in [0.29, 0.717) is 0 Å². The average Bonchev–Trinajstić information content (AvgIpc) is 2.45. The third-order valence-electron chi connectivity index (χ3n) is 3.26. The van der Waals surface area contributed by atoms with Crippen LogP contribution in [-0.2, 0) is 10.0 Å². The van der Waals surface area contributed by atoms with E-state index in [1.165, 1.54) is 24.3 Å². The molecule has 0 aliphatic heterocycles. The maximum atomic E-state index is 12.4. The molecule has 6 heteroatoms. The van der Waals surface area contributed by atoms with E-state index in [4.69, 9.17) is 5.11 Å². The van der Waals surface area contributed by atoms with Gasteiger partial charge in [0.1, 0.15) is 0 Å². The van der Waals surface area contributed by atoms with Gasteiger partial charge in [-0.2, -0.15) is 0 Å². The summed E-state index contributed by atoms with van der Waals surface area (Å²) in [5.41, 5.74) is -0.0292. The van der Waals surface area contributed by atoms with Crippen LogP contribution < -0.4 is 4.72 Å². The number of carboxylic acids is 1. The second kappa shape index (κ2) is 8.14. The zero-order valence-electron chi connectivity index (χ0n) is 12.5. The molecular weight excluding hydrogens is 290 g/mol. The van der Waals surface area contributed by atoms with E-state index in [-0.39, 0.29) is 16.5 Å². The lowest BCUT2D eigenvalue weighted by atomic mass is 10.1. The number of carboxylic acid groups (broad SMARTS) is 1. The van der Waals surface area contributed by atoms with Crippen molar-refractivity contribution in [2.24, 2.45) is 0 Å². The van der Waals surface area contributed by atoms with Crippen molar-refractivity contribution in [2.75, 3.05) is 0 Å². The van der Waals surface area contributed by atoms with Gasteiger partial charge in [-0.05, 0) is 31.0 Å². The van der Waals surface area contributed by atoms with Crippen molar-refractivity contribution in [1.29, 1.82) is 0 Å². The molecule has 0 aliphatic carbocycles. The van der Waals surface area contributed by atoms with Crippen molar-refractivity contribution in [3.8, 4) is 0 Å². The highest BCUT2D eigenvalue weighted by atomic mass is 32.2. The minimum atomic E-state index is -3.68. The van der Waals surface area contributed by atoms with Gasteiger partial charge < -0.3 is 5.11 Å². The molecule has 0 spiro atoms. The molecule has 118 valence electrons. The zero-order valence-corrected chi connectivity index (χ0v) is 13.3. The van der Waals surface area contributed by atoms with E-state index in [2.05, 4.69) is 11.6 Å². The summed E-state index contributed by atoms with van der Waals surface area (Å²) in [5, 5.41) is 8.94. The molecule has 0 amide bonds. The van der Waals surface area contributed by atoms with Crippen molar-refractivity contribution in [3.05, 3.63) is 29.8 Å². The van der Waals surface area contributed by atoms with Gasteiger partial charge in [-0.15, -0.1) is 0 Å². The number of unbranched alkanes of at least 4 members (excludes halogenated alkanes) is 1. The molecule has 0 radical (unpaired) electrons. The molecule has 0 saturated carbocycles. The number of aromatic carboxylic acids is 1. The van der Waals surface area contributed by atoms with Crippen molar-refractivity contribution < 1.29 is 18.3 Å². The summed E-state index contributed by atoms with van der Waals surface area (Å²) >= 11 is 0. The van der Waals surface area contributed by atoms with Gasteiger partial charge >= 0.3 is 5.97 Å². The van der Waals surface area contributed by atoms with Gasteiger partial charge in [0.25, 0.3) is 0 Å². The molecule has 1 unspecified atom stereocenters. The maximum Gasteiger partial charge on any atom is 0.335 e. The minimum absolute atomic E-state index is 0.00000142. The first-order valence-electron chi connectivity index (χ1n) is 7.26. The summed E-state index contributed by atoms with van der Waals surface area (Å²) in [6, 6.07) is 5.32. The molecule has 5 nitrogen and oxygen atoms in total. The third-order valence-corrected chi connectivity index (χ3v) is 4.77. The van der Waals surface area contributed by atoms with Crippen LogP contribution in [0.1, 0.15) is 56.3 Å². The van der Waals surface area contributed by atoms with Gasteiger partial charge in [0.15, 0.2) is 0 Å². The molecule has 0 bridgehead atoms. The van der Waals surface area contributed by atoms with Crippen LogP contribution in [0.15, 0.2) is 29.2 Å². The Kier molecular flexibility index (Phi) is 6.84. The van der Waals surface area contributed by atoms with E-state index in [1.54, 1.807) is 0 Å². The predicted octanol–water partition coefficient (Wildman–Crippen LogP) is 3.02. The Balaban J connectivity index is 2.93. The van der Waals surface area contributed by atoms with Crippen molar-refractivity contribution >= 4 is 16.0 Å². The molecule has 0 fully saturated rings. The fraction of sp³-hybridized carbons (Fsp3) is 0.533. The second-order valence-electron chi connectivity index (χ2n) is 5.08. The van der Waals surface area contributed by atoms with E-state index in [0.717, 1.165) is 32.1 Å². The van der Waals surface area contributed by atoms with Crippen molar-refractivity contribution in [2.45, 2.75) is 56.9 Å². The van der Waals surface area contributed by atoms with E-state index < -0.39 is 16.0 Å². The summed E-state index contributed by atoms with van der Waals surface area (Å²) in [5.74, 6) is -1.14. The Morgan fingerprint density at radius 2 is 1.95 bits per heavy atom. The van der Waals surface area contributed by atoms with Crippen LogP contribution in [0.3, 0.4) is 0 Å². The summed E-state index contributed by atoms with van der Waals surface area (Å²) < 4.78 is 27.4. The molecule has 2 N–H and O–H groups in total. The summed E-state index contributed by atoms with van der Waals surface area (Å²) in [6.45, 7) is 4.08. The smallest absolute Gasteiger partial charge is 0.335 e. The molecule has 1 aromatic rings. The summed E-state index contributed by atoms with van der Waals surface area (Å²) in [6.07, 6.45) is 4.44. The molecule has 0 heterocycles. The average molecular weight is 313 g/mol. The molecule has 0 aliphatic rings. The molecule has 0 aromatic heterocycles. The Morgan fingerprint density at radius 1 is 1.24 bits per heavy atom. The SMILES string of the molecule is CCCCC(CCC)NS(=O)(=O)c1cccc(C(=O)O)c1. The predicted molar refractivity (Wildman–Crippen MR) is 81.9 cm³/mol. The Hall–Kier alpha value is -1.40. The van der Waals surface area contributed by atoms with E-state index in [1.807, 2.05) is 6.92 Å². The van der Waals surface area contributed by atoms with Crippen LogP contribution in [0.25, 0.3) is 0 Å². The number of hydrogen-bond acceptors (Lipinski definition) is 3. The quantitative estimate of drug-likeness (QED) is 0.734. The molecular formula is C15H23NO4S. The summed E-state index contributed by atoms with van der Waals surface area (Å²) in [4.78, 5) is 10.9. The molecule has 0 saturated heterocycles. The van der Waals surface area contributed by atoms with Crippen LogP contribution in [0.5, 0.6) is 0 Å². The number of carbonyl (C=O) groups is 1. The van der Waals surface area contributed by atoms with Gasteiger partial charge in [-0.25, -0.2) is 17.9 Å². The number of hydrogen-bond donors (Lipinski definition) is 2. The number of sulfonamides is 1. The lowest BCUT2D eigenvalue weighted by Crippen LogP contribution is -2.34. The lowest BCUT2D eigenvalue weighted by Gasteiger charge is -2.18.